The van der Waals surface area contributed by atoms with E-state index in [2.05, 4.69) is 21.3 Å². The van der Waals surface area contributed by atoms with E-state index in [0.29, 0.717) is 37.6 Å². The van der Waals surface area contributed by atoms with Gasteiger partial charge in [-0.1, -0.05) is 41.9 Å². The van der Waals surface area contributed by atoms with Gasteiger partial charge in [-0.25, -0.2) is 4.79 Å². The Morgan fingerprint density at radius 2 is 1.76 bits per heavy atom. The molecular formula is C34H44BClN4O6. The Hall–Kier alpha value is -3.54. The van der Waals surface area contributed by atoms with Gasteiger partial charge in [0.1, 0.15) is 0 Å². The molecule has 12 heteroatoms. The molecule has 46 heavy (non-hydrogen) atoms. The van der Waals surface area contributed by atoms with Crippen LogP contribution in [0.5, 0.6) is 0 Å². The van der Waals surface area contributed by atoms with Crippen LogP contribution in [0, 0.1) is 0 Å². The highest BCUT2D eigenvalue weighted by Gasteiger charge is 2.51. The van der Waals surface area contributed by atoms with Crippen molar-refractivity contribution in [2.24, 2.45) is 0 Å². The Bertz CT molecular complexity index is 1570. The lowest BCUT2D eigenvalue weighted by atomic mass is 9.78. The fourth-order valence-electron chi connectivity index (χ4n) is 6.39. The lowest BCUT2D eigenvalue weighted by molar-refractivity contribution is -0.133. The summed E-state index contributed by atoms with van der Waals surface area (Å²) in [5, 5.41) is 16.7. The van der Waals surface area contributed by atoms with Crippen LogP contribution in [0.1, 0.15) is 71.1 Å². The minimum Gasteiger partial charge on any atom is -0.465 e. The van der Waals surface area contributed by atoms with Crippen LogP contribution < -0.4 is 16.1 Å². The van der Waals surface area contributed by atoms with Crippen molar-refractivity contribution in [3.63, 3.8) is 0 Å². The molecular weight excluding hydrogens is 607 g/mol. The molecule has 2 aliphatic heterocycles. The first-order chi connectivity index (χ1) is 21.7. The van der Waals surface area contributed by atoms with Crippen LogP contribution in [0.4, 0.5) is 4.79 Å². The SMILES string of the molecule is CC(=O)NCCn1c(C2CCCN(C(=O)C[C@@H](Cc3ccc(B4OC(C)(C)C(C)(C)O4)cc3)NC(=O)O)C2)cc2ccc(Cl)cc21. The number of nitrogens with one attached hydrogen (secondary N) is 2. The highest BCUT2D eigenvalue weighted by atomic mass is 35.5. The maximum Gasteiger partial charge on any atom is 0.494 e. The van der Waals surface area contributed by atoms with Gasteiger partial charge < -0.3 is 34.5 Å². The zero-order chi connectivity index (χ0) is 33.2. The molecule has 2 atom stereocenters. The highest BCUT2D eigenvalue weighted by Crippen LogP contribution is 2.37. The van der Waals surface area contributed by atoms with Gasteiger partial charge in [0.05, 0.1) is 11.2 Å². The molecule has 5 rings (SSSR count). The van der Waals surface area contributed by atoms with Gasteiger partial charge in [0.25, 0.3) is 0 Å². The average molecular weight is 651 g/mol. The molecule has 0 radical (unpaired) electrons. The number of piperidine rings is 1. The number of carbonyl (C=O) groups excluding carboxylic acids is 2. The molecule has 2 saturated heterocycles. The topological polar surface area (TPSA) is 122 Å². The van der Waals surface area contributed by atoms with Crippen LogP contribution in [-0.2, 0) is 31.9 Å². The van der Waals surface area contributed by atoms with Crippen molar-refractivity contribution in [1.82, 2.24) is 20.1 Å². The number of amides is 3. The number of carbonyl (C=O) groups is 3. The molecule has 3 heterocycles. The third-order valence-corrected chi connectivity index (χ3v) is 9.77. The van der Waals surface area contributed by atoms with Crippen LogP contribution in [-0.4, -0.2) is 76.5 Å². The van der Waals surface area contributed by atoms with Crippen molar-refractivity contribution in [3.05, 3.63) is 64.8 Å². The summed E-state index contributed by atoms with van der Waals surface area (Å²) in [6.45, 7) is 11.8. The third-order valence-electron chi connectivity index (χ3n) is 9.54. The number of rotatable bonds is 10. The second-order valence-corrected chi connectivity index (χ2v) is 13.9. The summed E-state index contributed by atoms with van der Waals surface area (Å²) in [6, 6.07) is 15.1. The minimum absolute atomic E-state index is 0.0547. The van der Waals surface area contributed by atoms with E-state index < -0.39 is 30.5 Å². The van der Waals surface area contributed by atoms with E-state index in [1.165, 1.54) is 6.92 Å². The van der Waals surface area contributed by atoms with Gasteiger partial charge in [-0.15, -0.1) is 0 Å². The normalized spacial score (nSPS) is 19.7. The number of benzene rings is 2. The predicted molar refractivity (Wildman–Crippen MR) is 180 cm³/mol. The molecule has 0 saturated carbocycles. The molecule has 2 aliphatic rings. The van der Waals surface area contributed by atoms with E-state index >= 15 is 0 Å². The van der Waals surface area contributed by atoms with Crippen molar-refractivity contribution in [2.45, 2.75) is 90.0 Å². The minimum atomic E-state index is -1.16. The molecule has 2 fully saturated rings. The van der Waals surface area contributed by atoms with Gasteiger partial charge in [0.15, 0.2) is 0 Å². The maximum atomic E-state index is 13.6. The predicted octanol–water partition coefficient (Wildman–Crippen LogP) is 4.71. The summed E-state index contributed by atoms with van der Waals surface area (Å²) in [6.07, 6.45) is 1.02. The fraction of sp³-hybridized carbons (Fsp3) is 0.500. The zero-order valence-electron chi connectivity index (χ0n) is 27.3. The van der Waals surface area contributed by atoms with Crippen molar-refractivity contribution in [2.75, 3.05) is 19.6 Å². The van der Waals surface area contributed by atoms with Crippen molar-refractivity contribution >= 4 is 53.0 Å². The summed E-state index contributed by atoms with van der Waals surface area (Å²) in [5.41, 5.74) is 2.99. The van der Waals surface area contributed by atoms with Crippen LogP contribution in [0.3, 0.4) is 0 Å². The lowest BCUT2D eigenvalue weighted by Gasteiger charge is -2.34. The number of fused-ring (bicyclic) bond motifs is 1. The Labute approximate surface area is 275 Å². The standard InChI is InChI=1S/C34H44BClN4O6/c1-22(41)37-14-16-40-29(18-24-10-13-27(36)19-30(24)40)25-7-6-15-39(21-25)31(42)20-28(38-32(43)44)17-23-8-11-26(12-9-23)35-45-33(2,3)34(4,5)46-35/h8-13,18-19,25,28,38H,6-7,14-17,20-21H2,1-5H3,(H,37,41)(H,43,44)/t25?,28-/m1/s1. The van der Waals surface area contributed by atoms with Crippen molar-refractivity contribution < 1.29 is 28.8 Å². The number of hydrogen-bond donors (Lipinski definition) is 3. The Kier molecular flexibility index (Phi) is 10.1. The highest BCUT2D eigenvalue weighted by molar-refractivity contribution is 6.62. The number of nitrogens with zero attached hydrogens (tertiary/aromatic N) is 2. The van der Waals surface area contributed by atoms with Gasteiger partial charge in [0.2, 0.25) is 11.8 Å². The lowest BCUT2D eigenvalue weighted by Crippen LogP contribution is -2.44. The third kappa shape index (κ3) is 7.70. The molecule has 3 amide bonds. The van der Waals surface area contributed by atoms with Gasteiger partial charge in [0, 0.05) is 67.7 Å². The Morgan fingerprint density at radius 1 is 1.07 bits per heavy atom. The van der Waals surface area contributed by atoms with Crippen LogP contribution in [0.25, 0.3) is 10.9 Å². The van der Waals surface area contributed by atoms with E-state index in [-0.39, 0.29) is 24.2 Å². The number of carboxylic acid groups (broad SMARTS) is 1. The number of halogens is 1. The van der Waals surface area contributed by atoms with Crippen LogP contribution >= 0.6 is 11.6 Å². The molecule has 1 aromatic heterocycles. The molecule has 1 unspecified atom stereocenters. The first-order valence-corrected chi connectivity index (χ1v) is 16.3. The number of aromatic nitrogens is 1. The summed E-state index contributed by atoms with van der Waals surface area (Å²) in [7, 11) is -0.485. The van der Waals surface area contributed by atoms with E-state index in [9.17, 15) is 19.5 Å². The van der Waals surface area contributed by atoms with Gasteiger partial charge in [-0.2, -0.15) is 0 Å². The number of hydrogen-bond acceptors (Lipinski definition) is 5. The first kappa shape index (κ1) is 33.8. The zero-order valence-corrected chi connectivity index (χ0v) is 28.0. The van der Waals surface area contributed by atoms with Crippen LogP contribution in [0.2, 0.25) is 5.02 Å². The molecule has 0 bridgehead atoms. The molecule has 2 aromatic carbocycles. The van der Waals surface area contributed by atoms with Gasteiger partial charge in [-0.3, -0.25) is 9.59 Å². The quantitative estimate of drug-likeness (QED) is 0.274. The second kappa shape index (κ2) is 13.7. The molecule has 0 aliphatic carbocycles. The van der Waals surface area contributed by atoms with E-state index in [1.807, 2.05) is 75.1 Å². The van der Waals surface area contributed by atoms with Crippen molar-refractivity contribution in [1.29, 1.82) is 0 Å². The first-order valence-electron chi connectivity index (χ1n) is 16.0. The largest absolute Gasteiger partial charge is 0.494 e. The summed E-state index contributed by atoms with van der Waals surface area (Å²) in [5.74, 6) is -0.0771. The van der Waals surface area contributed by atoms with Crippen LogP contribution in [0.15, 0.2) is 48.5 Å². The molecule has 3 aromatic rings. The molecule has 0 spiro atoms. The van der Waals surface area contributed by atoms with E-state index in [1.54, 1.807) is 0 Å². The van der Waals surface area contributed by atoms with E-state index in [0.717, 1.165) is 40.5 Å². The molecule has 246 valence electrons. The fourth-order valence-corrected chi connectivity index (χ4v) is 6.56. The Morgan fingerprint density at radius 3 is 2.41 bits per heavy atom. The average Bonchev–Trinajstić information content (AvgIpc) is 3.44. The Balaban J connectivity index is 1.27. The summed E-state index contributed by atoms with van der Waals surface area (Å²) >= 11 is 6.34. The van der Waals surface area contributed by atoms with Gasteiger partial charge >= 0.3 is 13.2 Å². The smallest absolute Gasteiger partial charge is 0.465 e. The number of likely N-dealkylation sites (tertiary alicyclic amines) is 1. The van der Waals surface area contributed by atoms with E-state index in [4.69, 9.17) is 20.9 Å². The second-order valence-electron chi connectivity index (χ2n) is 13.5. The monoisotopic (exact) mass is 650 g/mol. The summed E-state index contributed by atoms with van der Waals surface area (Å²) < 4.78 is 14.5. The summed E-state index contributed by atoms with van der Waals surface area (Å²) in [4.78, 5) is 38.8. The maximum absolute atomic E-state index is 13.6. The molecule has 3 N–H and O–H groups in total. The van der Waals surface area contributed by atoms with Gasteiger partial charge in [-0.05, 0) is 81.6 Å². The molecule has 10 nitrogen and oxygen atoms in total. The van der Waals surface area contributed by atoms with Crippen molar-refractivity contribution in [3.8, 4) is 0 Å².